The molecular weight excluding hydrogens is 262 g/mol. The lowest BCUT2D eigenvalue weighted by atomic mass is 10.3. The number of nitrogens with two attached hydrogens (primary N) is 1. The average Bonchev–Trinajstić information content (AvgIpc) is 2.15. The number of pyridine rings is 1. The van der Waals surface area contributed by atoms with E-state index in [4.69, 9.17) is 10.8 Å². The molecule has 1 heterocycles. The lowest BCUT2D eigenvalue weighted by molar-refractivity contribution is -0.125. The molecule has 0 aliphatic heterocycles. The van der Waals surface area contributed by atoms with Crippen molar-refractivity contribution in [3.05, 3.63) is 22.3 Å². The van der Waals surface area contributed by atoms with Crippen LogP contribution in [0.2, 0.25) is 0 Å². The number of primary amides is 1. The maximum Gasteiger partial charge on any atom is 0.248 e. The van der Waals surface area contributed by atoms with Crippen molar-refractivity contribution in [2.24, 2.45) is 5.73 Å². The number of aliphatic hydroxyl groups is 1. The van der Waals surface area contributed by atoms with Crippen LogP contribution >= 0.6 is 15.9 Å². The summed E-state index contributed by atoms with van der Waals surface area (Å²) in [6.07, 6.45) is 0.476. The van der Waals surface area contributed by atoms with Crippen LogP contribution in [0.4, 0.5) is 5.82 Å². The number of carbonyl (C=O) groups excluding carboxylic acids is 1. The molecule has 1 atom stereocenters. The zero-order chi connectivity index (χ0) is 11.4. The maximum absolute atomic E-state index is 10.6. The first-order valence-corrected chi connectivity index (χ1v) is 5.13. The lowest BCUT2D eigenvalue weighted by Gasteiger charge is -2.10. The van der Waals surface area contributed by atoms with E-state index in [1.807, 2.05) is 13.0 Å². The Labute approximate surface area is 95.8 Å². The van der Waals surface area contributed by atoms with Crippen molar-refractivity contribution in [2.75, 3.05) is 11.9 Å². The Bertz CT molecular complexity index is 370. The smallest absolute Gasteiger partial charge is 0.248 e. The molecule has 0 aliphatic rings. The van der Waals surface area contributed by atoms with Gasteiger partial charge in [0, 0.05) is 6.20 Å². The van der Waals surface area contributed by atoms with Gasteiger partial charge >= 0.3 is 0 Å². The molecule has 6 heteroatoms. The highest BCUT2D eigenvalue weighted by Crippen LogP contribution is 2.20. The molecule has 0 aromatic carbocycles. The highest BCUT2D eigenvalue weighted by molar-refractivity contribution is 9.10. The summed E-state index contributed by atoms with van der Waals surface area (Å²) < 4.78 is 0.777. The highest BCUT2D eigenvalue weighted by Gasteiger charge is 2.11. The lowest BCUT2D eigenvalue weighted by Crippen LogP contribution is -2.34. The zero-order valence-electron chi connectivity index (χ0n) is 8.20. The van der Waals surface area contributed by atoms with E-state index in [0.29, 0.717) is 5.82 Å². The molecule has 15 heavy (non-hydrogen) atoms. The molecule has 0 saturated heterocycles. The molecule has 82 valence electrons. The second kappa shape index (κ2) is 5.09. The summed E-state index contributed by atoms with van der Waals surface area (Å²) in [6.45, 7) is 1.96. The molecule has 0 aliphatic carbocycles. The zero-order valence-corrected chi connectivity index (χ0v) is 9.78. The van der Waals surface area contributed by atoms with Gasteiger partial charge in [-0.3, -0.25) is 4.79 Å². The standard InChI is InChI=1S/C9H12BrN3O2/c1-5-2-6(10)9(12-3-5)13-4-7(14)8(11)15/h2-3,7,14H,4H2,1H3,(H2,11,15)(H,12,13). The fraction of sp³-hybridized carbons (Fsp3) is 0.333. The van der Waals surface area contributed by atoms with Crippen molar-refractivity contribution < 1.29 is 9.90 Å². The van der Waals surface area contributed by atoms with E-state index in [9.17, 15) is 4.79 Å². The molecule has 0 saturated carbocycles. The summed E-state index contributed by atoms with van der Waals surface area (Å²) in [7, 11) is 0. The van der Waals surface area contributed by atoms with E-state index in [2.05, 4.69) is 26.2 Å². The van der Waals surface area contributed by atoms with E-state index in [1.54, 1.807) is 6.20 Å². The van der Waals surface area contributed by atoms with E-state index < -0.39 is 12.0 Å². The molecule has 1 unspecified atom stereocenters. The third kappa shape index (κ3) is 3.49. The summed E-state index contributed by atoms with van der Waals surface area (Å²) in [5, 5.41) is 12.0. The van der Waals surface area contributed by atoms with Crippen LogP contribution in [0.3, 0.4) is 0 Å². The number of halogens is 1. The molecular formula is C9H12BrN3O2. The molecule has 1 aromatic heterocycles. The van der Waals surface area contributed by atoms with Crippen molar-refractivity contribution in [3.63, 3.8) is 0 Å². The van der Waals surface area contributed by atoms with Crippen molar-refractivity contribution in [1.82, 2.24) is 4.98 Å². The van der Waals surface area contributed by atoms with Crippen molar-refractivity contribution in [2.45, 2.75) is 13.0 Å². The van der Waals surface area contributed by atoms with Gasteiger partial charge in [0.05, 0.1) is 11.0 Å². The number of aliphatic hydroxyl groups excluding tert-OH is 1. The molecule has 0 spiro atoms. The van der Waals surface area contributed by atoms with Crippen LogP contribution in [0.1, 0.15) is 5.56 Å². The quantitative estimate of drug-likeness (QED) is 0.742. The Morgan fingerprint density at radius 2 is 2.47 bits per heavy atom. The fourth-order valence-electron chi connectivity index (χ4n) is 0.958. The van der Waals surface area contributed by atoms with Gasteiger partial charge in [0.15, 0.2) is 0 Å². The van der Waals surface area contributed by atoms with Crippen LogP contribution in [-0.4, -0.2) is 28.6 Å². The average molecular weight is 274 g/mol. The van der Waals surface area contributed by atoms with Crippen LogP contribution < -0.4 is 11.1 Å². The molecule has 0 fully saturated rings. The van der Waals surface area contributed by atoms with Crippen molar-refractivity contribution >= 4 is 27.7 Å². The highest BCUT2D eigenvalue weighted by atomic mass is 79.9. The Morgan fingerprint density at radius 3 is 3.00 bits per heavy atom. The molecule has 0 bridgehead atoms. The molecule has 4 N–H and O–H groups in total. The summed E-state index contributed by atoms with van der Waals surface area (Å²) in [5.41, 5.74) is 5.92. The van der Waals surface area contributed by atoms with E-state index in [1.165, 1.54) is 0 Å². The normalized spacial score (nSPS) is 12.2. The minimum atomic E-state index is -1.21. The first-order chi connectivity index (χ1) is 7.00. The van der Waals surface area contributed by atoms with Crippen LogP contribution in [-0.2, 0) is 4.79 Å². The van der Waals surface area contributed by atoms with Crippen molar-refractivity contribution in [3.8, 4) is 0 Å². The first-order valence-electron chi connectivity index (χ1n) is 4.34. The summed E-state index contributed by atoms with van der Waals surface area (Å²) in [4.78, 5) is 14.6. The number of anilines is 1. The van der Waals surface area contributed by atoms with Crippen LogP contribution in [0.15, 0.2) is 16.7 Å². The number of nitrogens with zero attached hydrogens (tertiary/aromatic N) is 1. The number of nitrogens with one attached hydrogen (secondary N) is 1. The van der Waals surface area contributed by atoms with Crippen LogP contribution in [0.25, 0.3) is 0 Å². The number of hydrogen-bond donors (Lipinski definition) is 3. The summed E-state index contributed by atoms with van der Waals surface area (Å²) in [5.74, 6) is -0.188. The number of hydrogen-bond acceptors (Lipinski definition) is 4. The third-order valence-electron chi connectivity index (χ3n) is 1.77. The second-order valence-electron chi connectivity index (χ2n) is 3.14. The molecule has 0 radical (unpaired) electrons. The van der Waals surface area contributed by atoms with Gasteiger partial charge in [-0.15, -0.1) is 0 Å². The number of aryl methyl sites for hydroxylation is 1. The molecule has 5 nitrogen and oxygen atoms in total. The van der Waals surface area contributed by atoms with Crippen LogP contribution in [0.5, 0.6) is 0 Å². The Kier molecular flexibility index (Phi) is 4.05. The maximum atomic E-state index is 10.6. The number of aromatic nitrogens is 1. The molecule has 1 amide bonds. The van der Waals surface area contributed by atoms with Gasteiger partial charge in [-0.25, -0.2) is 4.98 Å². The third-order valence-corrected chi connectivity index (χ3v) is 2.37. The Morgan fingerprint density at radius 1 is 1.80 bits per heavy atom. The second-order valence-corrected chi connectivity index (χ2v) is 4.00. The van der Waals surface area contributed by atoms with Gasteiger partial charge in [-0.2, -0.15) is 0 Å². The van der Waals surface area contributed by atoms with Gasteiger partial charge in [-0.05, 0) is 34.5 Å². The van der Waals surface area contributed by atoms with E-state index >= 15 is 0 Å². The Balaban J connectivity index is 2.62. The minimum absolute atomic E-state index is 0.0456. The number of amides is 1. The summed E-state index contributed by atoms with van der Waals surface area (Å²) >= 11 is 3.31. The van der Waals surface area contributed by atoms with Gasteiger partial charge in [0.2, 0.25) is 5.91 Å². The molecule has 1 rings (SSSR count). The first kappa shape index (κ1) is 11.9. The number of rotatable bonds is 4. The largest absolute Gasteiger partial charge is 0.381 e. The summed E-state index contributed by atoms with van der Waals surface area (Å²) in [6, 6.07) is 1.88. The van der Waals surface area contributed by atoms with Gasteiger partial charge in [0.1, 0.15) is 11.9 Å². The van der Waals surface area contributed by atoms with Gasteiger partial charge < -0.3 is 16.2 Å². The van der Waals surface area contributed by atoms with Crippen LogP contribution in [0, 0.1) is 6.92 Å². The number of carbonyl (C=O) groups is 1. The van der Waals surface area contributed by atoms with Crippen molar-refractivity contribution in [1.29, 1.82) is 0 Å². The fourth-order valence-corrected chi connectivity index (χ4v) is 1.56. The van der Waals surface area contributed by atoms with E-state index in [-0.39, 0.29) is 6.54 Å². The monoisotopic (exact) mass is 273 g/mol. The minimum Gasteiger partial charge on any atom is -0.381 e. The van der Waals surface area contributed by atoms with E-state index in [0.717, 1.165) is 10.0 Å². The van der Waals surface area contributed by atoms with Gasteiger partial charge in [-0.1, -0.05) is 0 Å². The molecule has 1 aromatic rings. The Hall–Kier alpha value is -1.14. The predicted molar refractivity (Wildman–Crippen MR) is 60.4 cm³/mol. The topological polar surface area (TPSA) is 88.2 Å². The SMILES string of the molecule is Cc1cnc(NCC(O)C(N)=O)c(Br)c1. The van der Waals surface area contributed by atoms with Gasteiger partial charge in [0.25, 0.3) is 0 Å². The predicted octanol–water partition coefficient (Wildman–Crippen LogP) is 0.411.